The van der Waals surface area contributed by atoms with Gasteiger partial charge in [0.1, 0.15) is 0 Å². The maximum Gasteiger partial charge on any atom is 0.273 e. The number of hydrogen-bond donors (Lipinski definition) is 0. The summed E-state index contributed by atoms with van der Waals surface area (Å²) in [5, 5.41) is 0. The third-order valence-corrected chi connectivity index (χ3v) is 1.22. The van der Waals surface area contributed by atoms with Crippen LogP contribution in [0.25, 0.3) is 0 Å². The molecule has 0 aromatic carbocycles. The first kappa shape index (κ1) is 7.05. The number of halogens is 1. The lowest BCUT2D eigenvalue weighted by atomic mass is 10.5. The summed E-state index contributed by atoms with van der Waals surface area (Å²) in [6, 6.07) is 0. The molecule has 0 aliphatic carbocycles. The van der Waals surface area contributed by atoms with Gasteiger partial charge in [-0.05, 0) is 9.27 Å². The van der Waals surface area contributed by atoms with Crippen molar-refractivity contribution in [3.63, 3.8) is 0 Å². The molecule has 0 radical (unpaired) electrons. The molecular weight excluding hydrogens is 133 g/mol. The summed E-state index contributed by atoms with van der Waals surface area (Å²) in [7, 11) is 0. The van der Waals surface area contributed by atoms with Crippen molar-refractivity contribution in [1.82, 2.24) is 9.97 Å². The monoisotopic (exact) mass is 142 g/mol. The largest absolute Gasteiger partial charge is 0.273 e. The second kappa shape index (κ2) is 2.28. The first-order chi connectivity index (χ1) is 4.61. The molecule has 0 aliphatic rings. The smallest absolute Gasteiger partial charge is 0.0726 e. The Morgan fingerprint density at radius 2 is 1.50 bits per heavy atom. The van der Waals surface area contributed by atoms with Gasteiger partial charge in [-0.2, -0.15) is 0 Å². The first-order valence-corrected chi connectivity index (χ1v) is 3.01. The number of nitrogens with zero attached hydrogens (tertiary/aromatic N) is 3. The number of aromatic nitrogens is 3. The molecule has 0 aliphatic heterocycles. The van der Waals surface area contributed by atoms with E-state index in [4.69, 9.17) is 0 Å². The van der Waals surface area contributed by atoms with E-state index in [0.717, 1.165) is 0 Å². The standard InChI is InChI=1S/C6H9FN3/c1-4-8-5(2)10(7)6(3)9-4/h1-3H3/q+1. The van der Waals surface area contributed by atoms with Crippen molar-refractivity contribution in [3.8, 4) is 0 Å². The molecule has 4 heteroatoms. The Bertz CT molecular complexity index is 236. The summed E-state index contributed by atoms with van der Waals surface area (Å²) in [4.78, 5) is 8.09. The lowest BCUT2D eigenvalue weighted by Gasteiger charge is -1.90. The molecule has 3 nitrogen and oxygen atoms in total. The third kappa shape index (κ3) is 1.10. The minimum absolute atomic E-state index is 0.338. The van der Waals surface area contributed by atoms with Gasteiger partial charge in [0, 0.05) is 20.8 Å². The van der Waals surface area contributed by atoms with E-state index in [9.17, 15) is 4.48 Å². The summed E-state index contributed by atoms with van der Waals surface area (Å²) in [6.07, 6.45) is 0. The zero-order valence-electron chi connectivity index (χ0n) is 6.22. The molecule has 0 fully saturated rings. The highest BCUT2D eigenvalue weighted by molar-refractivity contribution is 4.83. The van der Waals surface area contributed by atoms with Gasteiger partial charge in [-0.1, -0.05) is 9.97 Å². The van der Waals surface area contributed by atoms with Crippen molar-refractivity contribution in [2.75, 3.05) is 0 Å². The van der Waals surface area contributed by atoms with E-state index in [1.165, 1.54) is 0 Å². The summed E-state index contributed by atoms with van der Waals surface area (Å²) >= 11 is 0. The second-order valence-electron chi connectivity index (χ2n) is 2.15. The van der Waals surface area contributed by atoms with E-state index in [1.807, 2.05) is 0 Å². The molecule has 1 heterocycles. The highest BCUT2D eigenvalue weighted by atomic mass is 19.2. The van der Waals surface area contributed by atoms with Crippen molar-refractivity contribution >= 4 is 0 Å². The van der Waals surface area contributed by atoms with Crippen LogP contribution in [0.15, 0.2) is 0 Å². The van der Waals surface area contributed by atoms with Crippen LogP contribution in [0.2, 0.25) is 0 Å². The summed E-state index contributed by atoms with van der Waals surface area (Å²) in [5.41, 5.74) is 0. The Balaban J connectivity index is 3.31. The van der Waals surface area contributed by atoms with Crippen LogP contribution in [0, 0.1) is 20.8 Å². The lowest BCUT2D eigenvalue weighted by Crippen LogP contribution is -2.33. The van der Waals surface area contributed by atoms with Crippen molar-refractivity contribution in [3.05, 3.63) is 17.5 Å². The molecule has 0 bridgehead atoms. The van der Waals surface area contributed by atoms with E-state index in [2.05, 4.69) is 9.97 Å². The fraction of sp³-hybridized carbons (Fsp3) is 0.500. The topological polar surface area (TPSA) is 29.7 Å². The van der Waals surface area contributed by atoms with Gasteiger partial charge in [0.2, 0.25) is 0 Å². The van der Waals surface area contributed by atoms with Gasteiger partial charge < -0.3 is 0 Å². The molecule has 54 valence electrons. The number of hydrogen-bond acceptors (Lipinski definition) is 2. The van der Waals surface area contributed by atoms with Crippen LogP contribution in [-0.2, 0) is 0 Å². The Kier molecular flexibility index (Phi) is 1.61. The summed E-state index contributed by atoms with van der Waals surface area (Å²) in [5.74, 6) is 1.28. The van der Waals surface area contributed by atoms with Crippen molar-refractivity contribution in [2.24, 2.45) is 0 Å². The molecule has 0 N–H and O–H groups in total. The van der Waals surface area contributed by atoms with Gasteiger partial charge >= 0.3 is 0 Å². The minimum atomic E-state index is 0.338. The van der Waals surface area contributed by atoms with E-state index in [0.29, 0.717) is 22.3 Å². The SMILES string of the molecule is Cc1nc(C)[n+](F)c(C)n1. The van der Waals surface area contributed by atoms with Crippen LogP contribution in [0.3, 0.4) is 0 Å². The van der Waals surface area contributed by atoms with Crippen molar-refractivity contribution in [1.29, 1.82) is 0 Å². The van der Waals surface area contributed by atoms with E-state index >= 15 is 0 Å². The number of aryl methyl sites for hydroxylation is 3. The van der Waals surface area contributed by atoms with Gasteiger partial charge in [0.25, 0.3) is 17.5 Å². The molecule has 1 aromatic heterocycles. The van der Waals surface area contributed by atoms with Crippen LogP contribution in [-0.4, -0.2) is 9.97 Å². The third-order valence-electron chi connectivity index (χ3n) is 1.22. The predicted molar refractivity (Wildman–Crippen MR) is 32.9 cm³/mol. The lowest BCUT2D eigenvalue weighted by molar-refractivity contribution is -0.857. The van der Waals surface area contributed by atoms with Crippen LogP contribution < -0.4 is 4.79 Å². The Hall–Kier alpha value is -1.06. The normalized spacial score (nSPS) is 10.0. The molecule has 10 heavy (non-hydrogen) atoms. The van der Waals surface area contributed by atoms with Crippen molar-refractivity contribution in [2.45, 2.75) is 20.8 Å². The number of rotatable bonds is 0. The molecule has 0 unspecified atom stereocenters. The van der Waals surface area contributed by atoms with Gasteiger partial charge in [0.05, 0.1) is 0 Å². The quantitative estimate of drug-likeness (QED) is 0.525. The average Bonchev–Trinajstić information content (AvgIpc) is 1.82. The van der Waals surface area contributed by atoms with Gasteiger partial charge in [-0.25, -0.2) is 0 Å². The molecule has 0 spiro atoms. The predicted octanol–water partition coefficient (Wildman–Crippen LogP) is 0.422. The van der Waals surface area contributed by atoms with Crippen LogP contribution in [0.5, 0.6) is 0 Å². The highest BCUT2D eigenvalue weighted by Gasteiger charge is 2.11. The Morgan fingerprint density at radius 3 is 1.90 bits per heavy atom. The van der Waals surface area contributed by atoms with Gasteiger partial charge in [-0.15, -0.1) is 0 Å². The van der Waals surface area contributed by atoms with Crippen LogP contribution in [0.4, 0.5) is 4.48 Å². The maximum absolute atomic E-state index is 12.7. The maximum atomic E-state index is 12.7. The van der Waals surface area contributed by atoms with Gasteiger partial charge in [-0.3, -0.25) is 0 Å². The second-order valence-corrected chi connectivity index (χ2v) is 2.15. The molecule has 1 aromatic rings. The Labute approximate surface area is 58.5 Å². The molecule has 0 atom stereocenters. The van der Waals surface area contributed by atoms with Gasteiger partial charge in [0.15, 0.2) is 0 Å². The van der Waals surface area contributed by atoms with Crippen molar-refractivity contribution < 1.29 is 9.27 Å². The van der Waals surface area contributed by atoms with Crippen LogP contribution >= 0.6 is 0 Å². The molecule has 0 saturated heterocycles. The summed E-state index contributed by atoms with van der Waals surface area (Å²) in [6.45, 7) is 4.93. The van der Waals surface area contributed by atoms with E-state index in [1.54, 1.807) is 20.8 Å². The first-order valence-electron chi connectivity index (χ1n) is 3.01. The Morgan fingerprint density at radius 1 is 1.10 bits per heavy atom. The molecule has 0 amide bonds. The van der Waals surface area contributed by atoms with Crippen LogP contribution in [0.1, 0.15) is 17.5 Å². The molecule has 0 saturated carbocycles. The average molecular weight is 142 g/mol. The highest BCUT2D eigenvalue weighted by Crippen LogP contribution is 1.89. The molecule has 1 rings (SSSR count). The summed E-state index contributed by atoms with van der Waals surface area (Å²) < 4.78 is 12.7. The minimum Gasteiger partial charge on any atom is -0.0726 e. The fourth-order valence-corrected chi connectivity index (χ4v) is 0.815. The van der Waals surface area contributed by atoms with E-state index < -0.39 is 0 Å². The fourth-order valence-electron chi connectivity index (χ4n) is 0.815. The molecular formula is C6H9FN3+. The zero-order chi connectivity index (χ0) is 7.72. The van der Waals surface area contributed by atoms with E-state index in [-0.39, 0.29) is 0 Å². The zero-order valence-corrected chi connectivity index (χ0v) is 6.22.